The largest absolute Gasteiger partial charge is 0.444 e. The molecule has 3 nitrogen and oxygen atoms in total. The Balaban J connectivity index is 2.66. The Labute approximate surface area is 107 Å². The molecule has 0 N–H and O–H groups in total. The molecule has 1 rings (SSSR count). The number of rotatable bonds is 1. The van der Waals surface area contributed by atoms with Crippen molar-refractivity contribution in [2.24, 2.45) is 11.8 Å². The summed E-state index contributed by atoms with van der Waals surface area (Å²) in [5.74, 6) is -3.57. The predicted octanol–water partition coefficient (Wildman–Crippen LogP) is 3.53. The van der Waals surface area contributed by atoms with Crippen LogP contribution < -0.4 is 0 Å². The van der Waals surface area contributed by atoms with Crippen molar-refractivity contribution in [3.05, 3.63) is 0 Å². The highest BCUT2D eigenvalue weighted by atomic mass is 19.3. The average molecular weight is 263 g/mol. The zero-order chi connectivity index (χ0) is 14.1. The van der Waals surface area contributed by atoms with Crippen LogP contribution in [0.2, 0.25) is 0 Å². The summed E-state index contributed by atoms with van der Waals surface area (Å²) in [6.45, 7) is 8.57. The van der Waals surface area contributed by atoms with Crippen molar-refractivity contribution in [2.45, 2.75) is 52.6 Å². The molecule has 0 spiro atoms. The molecule has 0 aromatic carbocycles. The number of hydrogen-bond acceptors (Lipinski definition) is 2. The summed E-state index contributed by atoms with van der Waals surface area (Å²) >= 11 is 0. The molecule has 1 aliphatic heterocycles. The van der Waals surface area contributed by atoms with Gasteiger partial charge in [0.1, 0.15) is 5.60 Å². The average Bonchev–Trinajstić information content (AvgIpc) is 2.12. The van der Waals surface area contributed by atoms with E-state index >= 15 is 0 Å². The molecule has 0 aliphatic carbocycles. The number of halogens is 2. The van der Waals surface area contributed by atoms with Gasteiger partial charge < -0.3 is 9.64 Å². The van der Waals surface area contributed by atoms with Crippen molar-refractivity contribution in [3.8, 4) is 0 Å². The highest BCUT2D eigenvalue weighted by Gasteiger charge is 2.47. The summed E-state index contributed by atoms with van der Waals surface area (Å²) in [5.41, 5.74) is -0.652. The van der Waals surface area contributed by atoms with Crippen molar-refractivity contribution in [2.75, 3.05) is 13.1 Å². The molecule has 0 saturated carbocycles. The normalized spacial score (nSPS) is 24.2. The van der Waals surface area contributed by atoms with Gasteiger partial charge in [-0.3, -0.25) is 0 Å². The molecule has 0 bridgehead atoms. The first-order valence-corrected chi connectivity index (χ1v) is 6.38. The maximum atomic E-state index is 13.9. The lowest BCUT2D eigenvalue weighted by atomic mass is 9.84. The third-order valence-corrected chi connectivity index (χ3v) is 3.11. The Kier molecular flexibility index (Phi) is 4.23. The van der Waals surface area contributed by atoms with Crippen molar-refractivity contribution in [3.63, 3.8) is 0 Å². The molecule has 5 heteroatoms. The second kappa shape index (κ2) is 5.02. The van der Waals surface area contributed by atoms with Gasteiger partial charge in [0.15, 0.2) is 0 Å². The molecule has 0 aromatic rings. The molecule has 1 heterocycles. The van der Waals surface area contributed by atoms with E-state index in [2.05, 4.69) is 0 Å². The van der Waals surface area contributed by atoms with Gasteiger partial charge in [-0.15, -0.1) is 0 Å². The smallest absolute Gasteiger partial charge is 0.410 e. The molecule has 0 radical (unpaired) electrons. The van der Waals surface area contributed by atoms with Crippen LogP contribution in [0.5, 0.6) is 0 Å². The molecule has 1 aliphatic rings. The monoisotopic (exact) mass is 263 g/mol. The highest BCUT2D eigenvalue weighted by Crippen LogP contribution is 2.37. The Morgan fingerprint density at radius 2 is 1.94 bits per heavy atom. The van der Waals surface area contributed by atoms with E-state index in [1.807, 2.05) is 0 Å². The fourth-order valence-corrected chi connectivity index (χ4v) is 2.26. The van der Waals surface area contributed by atoms with Crippen LogP contribution in [0.3, 0.4) is 0 Å². The quantitative estimate of drug-likeness (QED) is 0.724. The molecular formula is C13H23F2NO2. The van der Waals surface area contributed by atoms with Crippen LogP contribution in [-0.4, -0.2) is 35.6 Å². The van der Waals surface area contributed by atoms with Gasteiger partial charge in [-0.1, -0.05) is 13.8 Å². The van der Waals surface area contributed by atoms with Crippen LogP contribution in [0.4, 0.5) is 13.6 Å². The van der Waals surface area contributed by atoms with E-state index in [-0.39, 0.29) is 5.92 Å². The first-order valence-electron chi connectivity index (χ1n) is 6.38. The minimum absolute atomic E-state index is 0.0826. The lowest BCUT2D eigenvalue weighted by molar-refractivity contribution is -0.123. The third kappa shape index (κ3) is 3.82. The molecule has 0 aromatic heterocycles. The topological polar surface area (TPSA) is 29.5 Å². The van der Waals surface area contributed by atoms with Crippen LogP contribution in [0.15, 0.2) is 0 Å². The maximum absolute atomic E-state index is 13.9. The minimum Gasteiger partial charge on any atom is -0.444 e. The number of carbonyl (C=O) groups is 1. The lowest BCUT2D eigenvalue weighted by Gasteiger charge is -2.40. The Hall–Kier alpha value is -0.870. The first-order chi connectivity index (χ1) is 8.03. The summed E-state index contributed by atoms with van der Waals surface area (Å²) in [6, 6.07) is 0. The molecule has 1 fully saturated rings. The highest BCUT2D eigenvalue weighted by molar-refractivity contribution is 5.68. The van der Waals surface area contributed by atoms with Crippen LogP contribution in [0.1, 0.15) is 41.0 Å². The van der Waals surface area contributed by atoms with Gasteiger partial charge in [-0.2, -0.15) is 0 Å². The van der Waals surface area contributed by atoms with Gasteiger partial charge in [0.2, 0.25) is 0 Å². The van der Waals surface area contributed by atoms with Crippen molar-refractivity contribution >= 4 is 6.09 Å². The van der Waals surface area contributed by atoms with Crippen LogP contribution in [-0.2, 0) is 4.74 Å². The van der Waals surface area contributed by atoms with E-state index in [0.29, 0.717) is 13.0 Å². The molecule has 106 valence electrons. The Morgan fingerprint density at radius 1 is 1.39 bits per heavy atom. The van der Waals surface area contributed by atoms with E-state index in [1.54, 1.807) is 34.6 Å². The van der Waals surface area contributed by atoms with Gasteiger partial charge in [-0.25, -0.2) is 13.6 Å². The first kappa shape index (κ1) is 15.2. The van der Waals surface area contributed by atoms with Gasteiger partial charge in [0.25, 0.3) is 5.92 Å². The number of hydrogen-bond donors (Lipinski definition) is 0. The SMILES string of the molecule is CC(C)C1CCN(C(=O)OC(C)(C)C)CC1(F)F. The predicted molar refractivity (Wildman–Crippen MR) is 65.7 cm³/mol. The number of piperidine rings is 1. The number of alkyl halides is 2. The van der Waals surface area contributed by atoms with E-state index in [0.717, 1.165) is 4.90 Å². The maximum Gasteiger partial charge on any atom is 0.410 e. The summed E-state index contributed by atoms with van der Waals surface area (Å²) < 4.78 is 32.9. The Morgan fingerprint density at radius 3 is 2.33 bits per heavy atom. The number of carbonyl (C=O) groups excluding carboxylic acids is 1. The number of amides is 1. The van der Waals surface area contributed by atoms with E-state index < -0.39 is 30.1 Å². The summed E-state index contributed by atoms with van der Waals surface area (Å²) in [5, 5.41) is 0. The van der Waals surface area contributed by atoms with Gasteiger partial charge in [0.05, 0.1) is 6.54 Å². The standard InChI is InChI=1S/C13H23F2NO2/c1-9(2)10-6-7-16(8-13(10,14)15)11(17)18-12(3,4)5/h9-10H,6-8H2,1-5H3. The molecule has 1 amide bonds. The zero-order valence-corrected chi connectivity index (χ0v) is 11.8. The molecule has 1 atom stereocenters. The van der Waals surface area contributed by atoms with E-state index in [1.165, 1.54) is 0 Å². The van der Waals surface area contributed by atoms with Crippen LogP contribution >= 0.6 is 0 Å². The van der Waals surface area contributed by atoms with Crippen molar-refractivity contribution in [1.82, 2.24) is 4.90 Å². The Bertz CT molecular complexity index is 311. The van der Waals surface area contributed by atoms with Crippen LogP contribution in [0.25, 0.3) is 0 Å². The van der Waals surface area contributed by atoms with Gasteiger partial charge >= 0.3 is 6.09 Å². The molecule has 1 saturated heterocycles. The summed E-state index contributed by atoms with van der Waals surface area (Å²) in [6.07, 6.45) is -0.325. The third-order valence-electron chi connectivity index (χ3n) is 3.11. The summed E-state index contributed by atoms with van der Waals surface area (Å²) in [7, 11) is 0. The second-order valence-electron chi connectivity index (χ2n) is 6.30. The minimum atomic E-state index is -2.83. The van der Waals surface area contributed by atoms with Gasteiger partial charge in [0, 0.05) is 12.5 Å². The second-order valence-corrected chi connectivity index (χ2v) is 6.30. The zero-order valence-electron chi connectivity index (χ0n) is 11.8. The number of nitrogens with zero attached hydrogens (tertiary/aromatic N) is 1. The fraction of sp³-hybridized carbons (Fsp3) is 0.923. The van der Waals surface area contributed by atoms with Crippen molar-refractivity contribution in [1.29, 1.82) is 0 Å². The van der Waals surface area contributed by atoms with Crippen LogP contribution in [0, 0.1) is 11.8 Å². The fourth-order valence-electron chi connectivity index (χ4n) is 2.26. The van der Waals surface area contributed by atoms with E-state index in [4.69, 9.17) is 4.74 Å². The van der Waals surface area contributed by atoms with E-state index in [9.17, 15) is 13.6 Å². The number of ether oxygens (including phenoxy) is 1. The van der Waals surface area contributed by atoms with Crippen molar-refractivity contribution < 1.29 is 18.3 Å². The molecular weight excluding hydrogens is 240 g/mol. The molecule has 18 heavy (non-hydrogen) atoms. The molecule has 1 unspecified atom stereocenters. The lowest BCUT2D eigenvalue weighted by Crippen LogP contribution is -2.53. The van der Waals surface area contributed by atoms with Gasteiger partial charge in [-0.05, 0) is 33.1 Å². The number of likely N-dealkylation sites (tertiary alicyclic amines) is 1. The summed E-state index contributed by atoms with van der Waals surface area (Å²) in [4.78, 5) is 12.9.